The number of hydrogen-bond acceptors (Lipinski definition) is 5. The van der Waals surface area contributed by atoms with Crippen LogP contribution in [-0.2, 0) is 0 Å². The van der Waals surface area contributed by atoms with Crippen molar-refractivity contribution in [3.8, 4) is 5.75 Å². The molecular formula is C15H20N2O3. The molecule has 0 radical (unpaired) electrons. The zero-order valence-electron chi connectivity index (χ0n) is 11.6. The third-order valence-corrected chi connectivity index (χ3v) is 4.21. The van der Waals surface area contributed by atoms with Crippen LogP contribution in [0.5, 0.6) is 5.75 Å². The van der Waals surface area contributed by atoms with Gasteiger partial charge in [0.1, 0.15) is 11.3 Å². The van der Waals surface area contributed by atoms with Gasteiger partial charge in [-0.2, -0.15) is 0 Å². The van der Waals surface area contributed by atoms with E-state index in [4.69, 9.17) is 14.9 Å². The van der Waals surface area contributed by atoms with Gasteiger partial charge in [0.15, 0.2) is 11.5 Å². The summed E-state index contributed by atoms with van der Waals surface area (Å²) in [5, 5.41) is 9.18. The summed E-state index contributed by atoms with van der Waals surface area (Å²) >= 11 is 0. The first kappa shape index (κ1) is 13.2. The summed E-state index contributed by atoms with van der Waals surface area (Å²) in [7, 11) is 1.59. The lowest BCUT2D eigenvalue weighted by Crippen LogP contribution is -2.16. The van der Waals surface area contributed by atoms with E-state index >= 15 is 0 Å². The first-order chi connectivity index (χ1) is 9.71. The molecule has 1 heterocycles. The van der Waals surface area contributed by atoms with Crippen molar-refractivity contribution in [1.82, 2.24) is 4.98 Å². The summed E-state index contributed by atoms with van der Waals surface area (Å²) in [6.45, 7) is 0.286. The summed E-state index contributed by atoms with van der Waals surface area (Å²) in [6, 6.07) is 3.58. The Bertz CT molecular complexity index is 600. The highest BCUT2D eigenvalue weighted by Crippen LogP contribution is 2.37. The topological polar surface area (TPSA) is 81.5 Å². The van der Waals surface area contributed by atoms with Crippen LogP contribution in [0.15, 0.2) is 16.5 Å². The molecule has 1 aromatic heterocycles. The maximum Gasteiger partial charge on any atom is 0.198 e. The third-order valence-electron chi connectivity index (χ3n) is 4.21. The van der Waals surface area contributed by atoms with E-state index in [2.05, 4.69) is 4.98 Å². The molecule has 1 aliphatic carbocycles. The minimum Gasteiger partial charge on any atom is -0.495 e. The third kappa shape index (κ3) is 2.33. The smallest absolute Gasteiger partial charge is 0.198 e. The molecule has 1 aromatic carbocycles. The molecule has 0 atom stereocenters. The Morgan fingerprint density at radius 3 is 2.75 bits per heavy atom. The number of nitrogens with zero attached hydrogens (tertiary/aromatic N) is 1. The van der Waals surface area contributed by atoms with Crippen molar-refractivity contribution in [2.75, 3.05) is 19.5 Å². The SMILES string of the molecule is COc1cc2nc([C@H]3CC[C@H](CO)CC3)oc2cc1N. The fourth-order valence-corrected chi connectivity index (χ4v) is 2.93. The number of nitrogen functional groups attached to an aromatic ring is 1. The quantitative estimate of drug-likeness (QED) is 0.842. The van der Waals surface area contributed by atoms with Gasteiger partial charge in [0.05, 0.1) is 12.8 Å². The predicted octanol–water partition coefficient (Wildman–Crippen LogP) is 2.68. The van der Waals surface area contributed by atoms with Crippen LogP contribution in [0.3, 0.4) is 0 Å². The van der Waals surface area contributed by atoms with E-state index < -0.39 is 0 Å². The Labute approximate surface area is 117 Å². The molecule has 5 nitrogen and oxygen atoms in total. The van der Waals surface area contributed by atoms with Crippen LogP contribution in [0.2, 0.25) is 0 Å². The van der Waals surface area contributed by atoms with Crippen molar-refractivity contribution in [3.05, 3.63) is 18.0 Å². The Kier molecular flexibility index (Phi) is 3.53. The van der Waals surface area contributed by atoms with E-state index in [1.807, 2.05) is 6.07 Å². The number of aliphatic hydroxyl groups excluding tert-OH is 1. The van der Waals surface area contributed by atoms with E-state index in [-0.39, 0.29) is 6.61 Å². The Hall–Kier alpha value is -1.75. The summed E-state index contributed by atoms with van der Waals surface area (Å²) in [5.74, 6) is 2.19. The van der Waals surface area contributed by atoms with Gasteiger partial charge in [-0.3, -0.25) is 0 Å². The van der Waals surface area contributed by atoms with Gasteiger partial charge in [-0.05, 0) is 31.6 Å². The average Bonchev–Trinajstić information content (AvgIpc) is 2.89. The highest BCUT2D eigenvalue weighted by Gasteiger charge is 2.25. The number of fused-ring (bicyclic) bond motifs is 1. The van der Waals surface area contributed by atoms with Gasteiger partial charge in [0, 0.05) is 24.7 Å². The molecule has 1 fully saturated rings. The molecule has 1 saturated carbocycles. The number of aliphatic hydroxyl groups is 1. The van der Waals surface area contributed by atoms with Crippen molar-refractivity contribution in [1.29, 1.82) is 0 Å². The molecule has 0 bridgehead atoms. The number of benzene rings is 1. The molecule has 108 valence electrons. The van der Waals surface area contributed by atoms with E-state index in [1.54, 1.807) is 13.2 Å². The van der Waals surface area contributed by atoms with Crippen LogP contribution in [0.1, 0.15) is 37.5 Å². The lowest BCUT2D eigenvalue weighted by atomic mass is 9.82. The Morgan fingerprint density at radius 1 is 1.35 bits per heavy atom. The van der Waals surface area contributed by atoms with Crippen LogP contribution in [-0.4, -0.2) is 23.8 Å². The van der Waals surface area contributed by atoms with Crippen molar-refractivity contribution >= 4 is 16.8 Å². The maximum atomic E-state index is 9.18. The highest BCUT2D eigenvalue weighted by atomic mass is 16.5. The summed E-state index contributed by atoms with van der Waals surface area (Å²) < 4.78 is 11.0. The predicted molar refractivity (Wildman–Crippen MR) is 76.8 cm³/mol. The molecule has 0 spiro atoms. The van der Waals surface area contributed by atoms with Gasteiger partial charge in [-0.25, -0.2) is 4.98 Å². The average molecular weight is 276 g/mol. The minimum absolute atomic E-state index is 0.286. The second-order valence-corrected chi connectivity index (χ2v) is 5.51. The number of oxazole rings is 1. The second kappa shape index (κ2) is 5.32. The van der Waals surface area contributed by atoms with E-state index in [0.29, 0.717) is 28.9 Å². The molecule has 5 heteroatoms. The first-order valence-corrected chi connectivity index (χ1v) is 7.06. The lowest BCUT2D eigenvalue weighted by Gasteiger charge is -2.24. The van der Waals surface area contributed by atoms with Crippen LogP contribution in [0.4, 0.5) is 5.69 Å². The molecule has 2 aromatic rings. The molecule has 0 saturated heterocycles. The minimum atomic E-state index is 0.286. The van der Waals surface area contributed by atoms with Gasteiger partial charge in [-0.15, -0.1) is 0 Å². The first-order valence-electron chi connectivity index (χ1n) is 7.06. The van der Waals surface area contributed by atoms with Crippen LogP contribution >= 0.6 is 0 Å². The van der Waals surface area contributed by atoms with Crippen LogP contribution in [0, 0.1) is 5.92 Å². The summed E-state index contributed by atoms with van der Waals surface area (Å²) in [4.78, 5) is 4.57. The van der Waals surface area contributed by atoms with E-state index in [1.165, 1.54) is 0 Å². The van der Waals surface area contributed by atoms with Gasteiger partial charge in [0.2, 0.25) is 0 Å². The van der Waals surface area contributed by atoms with E-state index in [9.17, 15) is 5.11 Å². The zero-order valence-corrected chi connectivity index (χ0v) is 11.6. The second-order valence-electron chi connectivity index (χ2n) is 5.51. The van der Waals surface area contributed by atoms with Crippen LogP contribution in [0.25, 0.3) is 11.1 Å². The van der Waals surface area contributed by atoms with Gasteiger partial charge in [0.25, 0.3) is 0 Å². The largest absolute Gasteiger partial charge is 0.495 e. The highest BCUT2D eigenvalue weighted by molar-refractivity contribution is 5.80. The molecule has 0 amide bonds. The van der Waals surface area contributed by atoms with Crippen molar-refractivity contribution < 1.29 is 14.3 Å². The monoisotopic (exact) mass is 276 g/mol. The molecule has 0 unspecified atom stereocenters. The number of hydrogen-bond donors (Lipinski definition) is 2. The number of rotatable bonds is 3. The maximum absolute atomic E-state index is 9.18. The normalized spacial score (nSPS) is 23.1. The number of anilines is 1. The number of aromatic nitrogens is 1. The lowest BCUT2D eigenvalue weighted by molar-refractivity contribution is 0.177. The standard InChI is InChI=1S/C15H20N2O3/c1-19-13-7-12-14(6-11(13)16)20-15(17-12)10-4-2-9(8-18)3-5-10/h6-7,9-10,18H,2-5,8,16H2,1H3/t9-,10-. The van der Waals surface area contributed by atoms with E-state index in [0.717, 1.165) is 37.1 Å². The summed E-state index contributed by atoms with van der Waals surface area (Å²) in [6.07, 6.45) is 4.10. The van der Waals surface area contributed by atoms with Crippen molar-refractivity contribution in [2.45, 2.75) is 31.6 Å². The number of nitrogens with two attached hydrogens (primary N) is 1. The van der Waals surface area contributed by atoms with Crippen molar-refractivity contribution in [3.63, 3.8) is 0 Å². The molecule has 3 N–H and O–H groups in total. The molecule has 3 rings (SSSR count). The summed E-state index contributed by atoms with van der Waals surface area (Å²) in [5.41, 5.74) is 7.94. The van der Waals surface area contributed by atoms with Gasteiger partial charge >= 0.3 is 0 Å². The number of methoxy groups -OCH3 is 1. The molecule has 1 aliphatic rings. The molecule has 0 aliphatic heterocycles. The molecular weight excluding hydrogens is 256 g/mol. The Morgan fingerprint density at radius 2 is 2.10 bits per heavy atom. The van der Waals surface area contributed by atoms with Gasteiger partial charge in [-0.1, -0.05) is 0 Å². The van der Waals surface area contributed by atoms with Gasteiger partial charge < -0.3 is 20.0 Å². The fraction of sp³-hybridized carbons (Fsp3) is 0.533. The Balaban J connectivity index is 1.86. The number of ether oxygens (including phenoxy) is 1. The fourth-order valence-electron chi connectivity index (χ4n) is 2.93. The zero-order chi connectivity index (χ0) is 14.1. The molecule has 20 heavy (non-hydrogen) atoms. The van der Waals surface area contributed by atoms with Crippen LogP contribution < -0.4 is 10.5 Å². The van der Waals surface area contributed by atoms with Crippen molar-refractivity contribution in [2.24, 2.45) is 5.92 Å².